The van der Waals surface area contributed by atoms with Gasteiger partial charge in [0.2, 0.25) is 0 Å². The molecule has 0 spiro atoms. The van der Waals surface area contributed by atoms with E-state index in [0.717, 1.165) is 0 Å². The molecule has 3 N–H and O–H groups in total. The molecule has 0 rings (SSSR count). The van der Waals surface area contributed by atoms with E-state index in [0.29, 0.717) is 25.3 Å². The summed E-state index contributed by atoms with van der Waals surface area (Å²) in [5.74, 6) is -0.128. The van der Waals surface area contributed by atoms with E-state index in [9.17, 15) is 9.59 Å². The number of carboxylic acid groups (broad SMARTS) is 1. The molecule has 0 aromatic carbocycles. The first kappa shape index (κ1) is 17.1. The van der Waals surface area contributed by atoms with Gasteiger partial charge in [-0.25, -0.2) is 9.59 Å². The number of rotatable bonds is 9. The van der Waals surface area contributed by atoms with Gasteiger partial charge in [-0.2, -0.15) is 11.8 Å². The van der Waals surface area contributed by atoms with E-state index in [2.05, 4.69) is 10.6 Å². The molecule has 0 aliphatic carbocycles. The van der Waals surface area contributed by atoms with Gasteiger partial charge in [0.05, 0.1) is 6.61 Å². The van der Waals surface area contributed by atoms with Crippen molar-refractivity contribution in [3.63, 3.8) is 0 Å². The van der Waals surface area contributed by atoms with Crippen LogP contribution in [0.5, 0.6) is 0 Å². The number of carboxylic acids is 1. The molecular weight excluding hydrogens is 256 g/mol. The Bertz CT molecular complexity index is 263. The standard InChI is InChI=1S/C11H22N2O4S/c1-8(7-17-2)6-12-11(16)13-9(10(14)15)4-5-18-3/h8-9H,4-7H2,1-3H3,(H,14,15)(H2,12,13,16). The Labute approximate surface area is 112 Å². The molecule has 2 unspecified atom stereocenters. The van der Waals surface area contributed by atoms with Crippen LogP contribution in [-0.2, 0) is 9.53 Å². The van der Waals surface area contributed by atoms with E-state index in [4.69, 9.17) is 9.84 Å². The Morgan fingerprint density at radius 1 is 1.44 bits per heavy atom. The SMILES string of the molecule is COCC(C)CNC(=O)NC(CCSC)C(=O)O. The largest absolute Gasteiger partial charge is 0.480 e. The summed E-state index contributed by atoms with van der Waals surface area (Å²) in [5.41, 5.74) is 0. The third kappa shape index (κ3) is 8.19. The number of urea groups is 1. The lowest BCUT2D eigenvalue weighted by atomic mass is 10.2. The van der Waals surface area contributed by atoms with Gasteiger partial charge < -0.3 is 20.5 Å². The fraction of sp³-hybridized carbons (Fsp3) is 0.818. The third-order valence-electron chi connectivity index (χ3n) is 2.28. The van der Waals surface area contributed by atoms with Crippen molar-refractivity contribution >= 4 is 23.8 Å². The highest BCUT2D eigenvalue weighted by Crippen LogP contribution is 2.01. The fourth-order valence-electron chi connectivity index (χ4n) is 1.31. The van der Waals surface area contributed by atoms with Gasteiger partial charge in [0, 0.05) is 13.7 Å². The zero-order valence-corrected chi connectivity index (χ0v) is 11.9. The quantitative estimate of drug-likeness (QED) is 0.580. The van der Waals surface area contributed by atoms with Crippen LogP contribution in [0.2, 0.25) is 0 Å². The summed E-state index contributed by atoms with van der Waals surface area (Å²) >= 11 is 1.55. The number of carbonyl (C=O) groups is 2. The normalized spacial score (nSPS) is 13.7. The van der Waals surface area contributed by atoms with Crippen LogP contribution in [0.3, 0.4) is 0 Å². The highest BCUT2D eigenvalue weighted by Gasteiger charge is 2.19. The predicted octanol–water partition coefficient (Wildman–Crippen LogP) is 0.774. The minimum Gasteiger partial charge on any atom is -0.480 e. The summed E-state index contributed by atoms with van der Waals surface area (Å²) in [7, 11) is 1.60. The van der Waals surface area contributed by atoms with Crippen molar-refractivity contribution < 1.29 is 19.4 Å². The van der Waals surface area contributed by atoms with E-state index < -0.39 is 18.0 Å². The van der Waals surface area contributed by atoms with Crippen molar-refractivity contribution in [1.82, 2.24) is 10.6 Å². The van der Waals surface area contributed by atoms with Crippen LogP contribution < -0.4 is 10.6 Å². The number of ether oxygens (including phenoxy) is 1. The summed E-state index contributed by atoms with van der Waals surface area (Å²) in [5, 5.41) is 14.0. The minimum absolute atomic E-state index is 0.190. The molecular formula is C11H22N2O4S. The molecule has 6 nitrogen and oxygen atoms in total. The van der Waals surface area contributed by atoms with Gasteiger partial charge in [-0.3, -0.25) is 0 Å². The highest BCUT2D eigenvalue weighted by molar-refractivity contribution is 7.98. The van der Waals surface area contributed by atoms with Gasteiger partial charge in [0.1, 0.15) is 6.04 Å². The predicted molar refractivity (Wildman–Crippen MR) is 72.0 cm³/mol. The van der Waals surface area contributed by atoms with Crippen molar-refractivity contribution in [3.8, 4) is 0 Å². The van der Waals surface area contributed by atoms with E-state index in [1.54, 1.807) is 18.9 Å². The van der Waals surface area contributed by atoms with Crippen LogP contribution in [-0.4, -0.2) is 55.4 Å². The molecule has 106 valence electrons. The summed E-state index contributed by atoms with van der Waals surface area (Å²) in [6.07, 6.45) is 2.31. The van der Waals surface area contributed by atoms with E-state index in [1.807, 2.05) is 13.2 Å². The molecule has 0 heterocycles. The van der Waals surface area contributed by atoms with E-state index in [1.165, 1.54) is 0 Å². The first-order chi connectivity index (χ1) is 8.51. The molecule has 0 aromatic heterocycles. The molecule has 0 aliphatic rings. The van der Waals surface area contributed by atoms with Gasteiger partial charge in [-0.15, -0.1) is 0 Å². The number of hydrogen-bond acceptors (Lipinski definition) is 4. The lowest BCUT2D eigenvalue weighted by Gasteiger charge is -2.16. The van der Waals surface area contributed by atoms with Crippen molar-refractivity contribution in [3.05, 3.63) is 0 Å². The van der Waals surface area contributed by atoms with Gasteiger partial charge >= 0.3 is 12.0 Å². The zero-order chi connectivity index (χ0) is 14.0. The van der Waals surface area contributed by atoms with Crippen molar-refractivity contribution in [1.29, 1.82) is 0 Å². The zero-order valence-electron chi connectivity index (χ0n) is 11.1. The molecule has 0 aromatic rings. The molecule has 18 heavy (non-hydrogen) atoms. The van der Waals surface area contributed by atoms with Crippen molar-refractivity contribution in [2.75, 3.05) is 32.3 Å². The molecule has 0 saturated heterocycles. The fourth-order valence-corrected chi connectivity index (χ4v) is 1.78. The maximum Gasteiger partial charge on any atom is 0.326 e. The smallest absolute Gasteiger partial charge is 0.326 e. The van der Waals surface area contributed by atoms with Crippen LogP contribution in [0.15, 0.2) is 0 Å². The molecule has 2 amide bonds. The van der Waals surface area contributed by atoms with Gasteiger partial charge in [-0.05, 0) is 24.3 Å². The second-order valence-corrected chi connectivity index (χ2v) is 5.07. The number of nitrogens with one attached hydrogen (secondary N) is 2. The van der Waals surface area contributed by atoms with E-state index in [-0.39, 0.29) is 5.92 Å². The summed E-state index contributed by atoms with van der Waals surface area (Å²) in [6, 6.07) is -1.29. The van der Waals surface area contributed by atoms with Crippen LogP contribution in [0.4, 0.5) is 4.79 Å². The lowest BCUT2D eigenvalue weighted by molar-refractivity contribution is -0.139. The summed E-state index contributed by atoms with van der Waals surface area (Å²) in [4.78, 5) is 22.4. The molecule has 2 atom stereocenters. The number of amides is 2. The Morgan fingerprint density at radius 3 is 2.61 bits per heavy atom. The maximum atomic E-state index is 11.5. The maximum absolute atomic E-state index is 11.5. The van der Waals surface area contributed by atoms with Gasteiger partial charge in [0.25, 0.3) is 0 Å². The first-order valence-electron chi connectivity index (χ1n) is 5.76. The Hall–Kier alpha value is -0.950. The Morgan fingerprint density at radius 2 is 2.11 bits per heavy atom. The average Bonchev–Trinajstić information content (AvgIpc) is 2.32. The number of aliphatic carboxylic acids is 1. The van der Waals surface area contributed by atoms with Gasteiger partial charge in [-0.1, -0.05) is 6.92 Å². The van der Waals surface area contributed by atoms with Crippen LogP contribution in [0.1, 0.15) is 13.3 Å². The number of hydrogen-bond donors (Lipinski definition) is 3. The van der Waals surface area contributed by atoms with Crippen molar-refractivity contribution in [2.45, 2.75) is 19.4 Å². The molecule has 7 heteroatoms. The second-order valence-electron chi connectivity index (χ2n) is 4.09. The molecule has 0 saturated carbocycles. The minimum atomic E-state index is -1.01. The third-order valence-corrected chi connectivity index (χ3v) is 2.92. The van der Waals surface area contributed by atoms with Crippen LogP contribution in [0.25, 0.3) is 0 Å². The first-order valence-corrected chi connectivity index (χ1v) is 7.15. The second kappa shape index (κ2) is 10.0. The topological polar surface area (TPSA) is 87.7 Å². The molecule has 0 radical (unpaired) electrons. The monoisotopic (exact) mass is 278 g/mol. The van der Waals surface area contributed by atoms with Crippen LogP contribution >= 0.6 is 11.8 Å². The summed E-state index contributed by atoms with van der Waals surface area (Å²) < 4.78 is 4.94. The summed E-state index contributed by atoms with van der Waals surface area (Å²) in [6.45, 7) is 2.94. The Kier molecular flexibility index (Phi) is 9.49. The lowest BCUT2D eigenvalue weighted by Crippen LogP contribution is -2.47. The van der Waals surface area contributed by atoms with Gasteiger partial charge in [0.15, 0.2) is 0 Å². The highest BCUT2D eigenvalue weighted by atomic mass is 32.2. The molecule has 0 bridgehead atoms. The van der Waals surface area contributed by atoms with Crippen LogP contribution in [0, 0.1) is 5.92 Å². The average molecular weight is 278 g/mol. The molecule has 0 fully saturated rings. The number of methoxy groups -OCH3 is 1. The number of thioether (sulfide) groups is 1. The number of carbonyl (C=O) groups excluding carboxylic acids is 1. The van der Waals surface area contributed by atoms with E-state index >= 15 is 0 Å². The van der Waals surface area contributed by atoms with Crippen molar-refractivity contribution in [2.24, 2.45) is 5.92 Å². The Balaban J connectivity index is 3.98. The molecule has 0 aliphatic heterocycles.